The molecule has 2 heterocycles. The zero-order valence-corrected chi connectivity index (χ0v) is 15.1. The lowest BCUT2D eigenvalue weighted by Gasteiger charge is -2.31. The number of benzene rings is 1. The van der Waals surface area contributed by atoms with Crippen LogP contribution >= 0.6 is 11.3 Å². The molecule has 0 bridgehead atoms. The van der Waals surface area contributed by atoms with Crippen LogP contribution < -0.4 is 10.1 Å². The Balaban J connectivity index is 1.69. The first-order chi connectivity index (χ1) is 12.0. The lowest BCUT2D eigenvalue weighted by molar-refractivity contribution is -0.132. The van der Waals surface area contributed by atoms with Gasteiger partial charge in [0.15, 0.2) is 0 Å². The molecule has 2 aromatic rings. The first-order valence-corrected chi connectivity index (χ1v) is 9.27. The Kier molecular flexibility index (Phi) is 3.80. The summed E-state index contributed by atoms with van der Waals surface area (Å²) in [5.74, 6) is 0.535. The summed E-state index contributed by atoms with van der Waals surface area (Å²) in [4.78, 5) is 28.4. The van der Waals surface area contributed by atoms with Crippen LogP contribution in [0.1, 0.15) is 34.4 Å². The molecular weight excluding hydrogens is 336 g/mol. The average molecular weight is 356 g/mol. The highest BCUT2D eigenvalue weighted by atomic mass is 32.1. The van der Waals surface area contributed by atoms with Gasteiger partial charge >= 0.3 is 6.03 Å². The summed E-state index contributed by atoms with van der Waals surface area (Å²) >= 11 is 1.66. The fraction of sp³-hybridized carbons (Fsp3) is 0.368. The van der Waals surface area contributed by atoms with Gasteiger partial charge in [-0.25, -0.2) is 4.79 Å². The minimum Gasteiger partial charge on any atom is -0.496 e. The number of nitrogens with one attached hydrogen (secondary N) is 1. The molecule has 1 aliphatic heterocycles. The van der Waals surface area contributed by atoms with Crippen LogP contribution in [0.25, 0.3) is 0 Å². The summed E-state index contributed by atoms with van der Waals surface area (Å²) in [6.45, 7) is 2.20. The Bertz CT molecular complexity index is 860. The summed E-state index contributed by atoms with van der Waals surface area (Å²) in [5.41, 5.74) is 1.99. The van der Waals surface area contributed by atoms with Crippen molar-refractivity contribution in [1.82, 2.24) is 10.2 Å². The van der Waals surface area contributed by atoms with Crippen molar-refractivity contribution in [2.75, 3.05) is 7.11 Å². The molecule has 0 unspecified atom stereocenters. The van der Waals surface area contributed by atoms with Gasteiger partial charge in [-0.3, -0.25) is 9.69 Å². The van der Waals surface area contributed by atoms with Crippen molar-refractivity contribution in [1.29, 1.82) is 0 Å². The van der Waals surface area contributed by atoms with Gasteiger partial charge in [-0.05, 0) is 43.7 Å². The van der Waals surface area contributed by atoms with Gasteiger partial charge in [0, 0.05) is 16.0 Å². The van der Waals surface area contributed by atoms with Crippen molar-refractivity contribution in [2.24, 2.45) is 0 Å². The van der Waals surface area contributed by atoms with E-state index >= 15 is 0 Å². The maximum atomic E-state index is 13.2. The van der Waals surface area contributed by atoms with Gasteiger partial charge in [-0.2, -0.15) is 0 Å². The minimum atomic E-state index is -0.887. The van der Waals surface area contributed by atoms with Gasteiger partial charge in [0.1, 0.15) is 11.3 Å². The monoisotopic (exact) mass is 356 g/mol. The number of amides is 3. The van der Waals surface area contributed by atoms with E-state index in [1.54, 1.807) is 18.4 Å². The number of hydrogen-bond donors (Lipinski definition) is 1. The van der Waals surface area contributed by atoms with E-state index in [1.807, 2.05) is 36.6 Å². The number of fused-ring (bicyclic) bond motifs is 2. The van der Waals surface area contributed by atoms with Gasteiger partial charge in [0.05, 0.1) is 13.7 Å². The number of nitrogens with zero attached hydrogens (tertiary/aromatic N) is 1. The van der Waals surface area contributed by atoms with Crippen LogP contribution in [0.5, 0.6) is 5.75 Å². The zero-order chi connectivity index (χ0) is 17.6. The third-order valence-electron chi connectivity index (χ3n) is 5.10. The molecule has 1 atom stereocenters. The molecule has 1 spiro atoms. The van der Waals surface area contributed by atoms with Crippen molar-refractivity contribution >= 4 is 23.3 Å². The summed E-state index contributed by atoms with van der Waals surface area (Å²) < 4.78 is 5.39. The number of methoxy groups -OCH3 is 1. The fourth-order valence-electron chi connectivity index (χ4n) is 3.89. The van der Waals surface area contributed by atoms with Crippen LogP contribution in [0.3, 0.4) is 0 Å². The van der Waals surface area contributed by atoms with Gasteiger partial charge in [0.25, 0.3) is 5.91 Å². The molecule has 1 fully saturated rings. The van der Waals surface area contributed by atoms with E-state index in [9.17, 15) is 9.59 Å². The number of thiophene rings is 1. The summed E-state index contributed by atoms with van der Waals surface area (Å²) in [7, 11) is 1.60. The second kappa shape index (κ2) is 5.88. The van der Waals surface area contributed by atoms with Crippen molar-refractivity contribution in [3.63, 3.8) is 0 Å². The molecule has 5 nitrogen and oxygen atoms in total. The molecule has 1 aromatic carbocycles. The molecule has 0 radical (unpaired) electrons. The Labute approximate surface area is 150 Å². The summed E-state index contributed by atoms with van der Waals surface area (Å²) in [6, 6.07) is 7.44. The molecule has 1 saturated heterocycles. The van der Waals surface area contributed by atoms with Gasteiger partial charge in [-0.15, -0.1) is 11.3 Å². The second-order valence-corrected chi connectivity index (χ2v) is 7.65. The maximum absolute atomic E-state index is 13.2. The van der Waals surface area contributed by atoms with Crippen LogP contribution in [-0.2, 0) is 23.3 Å². The molecule has 25 heavy (non-hydrogen) atoms. The van der Waals surface area contributed by atoms with Gasteiger partial charge in [-0.1, -0.05) is 17.7 Å². The number of aryl methyl sites for hydroxylation is 2. The van der Waals surface area contributed by atoms with E-state index in [0.29, 0.717) is 12.2 Å². The van der Waals surface area contributed by atoms with Crippen LogP contribution in [-0.4, -0.2) is 23.9 Å². The molecule has 1 N–H and O–H groups in total. The van der Waals surface area contributed by atoms with Gasteiger partial charge in [0.2, 0.25) is 0 Å². The number of carbonyl (C=O) groups is 2. The Hall–Kier alpha value is -2.34. The van der Waals surface area contributed by atoms with Crippen molar-refractivity contribution in [3.8, 4) is 5.75 Å². The Morgan fingerprint density at radius 3 is 2.96 bits per heavy atom. The number of hydrogen-bond acceptors (Lipinski definition) is 4. The van der Waals surface area contributed by atoms with Crippen LogP contribution in [0.15, 0.2) is 29.6 Å². The first kappa shape index (κ1) is 16.1. The number of rotatable bonds is 3. The summed E-state index contributed by atoms with van der Waals surface area (Å²) in [6.07, 6.45) is 2.54. The highest BCUT2D eigenvalue weighted by Crippen LogP contribution is 2.42. The largest absolute Gasteiger partial charge is 0.496 e. The quantitative estimate of drug-likeness (QED) is 0.858. The smallest absolute Gasteiger partial charge is 0.325 e. The van der Waals surface area contributed by atoms with Crippen LogP contribution in [0.2, 0.25) is 0 Å². The molecule has 6 heteroatoms. The predicted molar refractivity (Wildman–Crippen MR) is 95.7 cm³/mol. The van der Waals surface area contributed by atoms with Crippen molar-refractivity contribution in [3.05, 3.63) is 51.2 Å². The van der Waals surface area contributed by atoms with Gasteiger partial charge < -0.3 is 10.1 Å². The third kappa shape index (κ3) is 2.43. The molecular formula is C19H20N2O3S. The molecule has 4 rings (SSSR count). The highest BCUT2D eigenvalue weighted by molar-refractivity contribution is 7.10. The topological polar surface area (TPSA) is 58.6 Å². The van der Waals surface area contributed by atoms with E-state index in [2.05, 4.69) is 5.32 Å². The Morgan fingerprint density at radius 2 is 2.16 bits per heavy atom. The lowest BCUT2D eigenvalue weighted by Crippen LogP contribution is -2.46. The third-order valence-corrected chi connectivity index (χ3v) is 6.08. The molecule has 0 saturated carbocycles. The first-order valence-electron chi connectivity index (χ1n) is 8.39. The van der Waals surface area contributed by atoms with E-state index in [4.69, 9.17) is 4.74 Å². The number of carbonyl (C=O) groups excluding carboxylic acids is 2. The number of imide groups is 1. The molecule has 130 valence electrons. The molecule has 2 aliphatic rings. The fourth-order valence-corrected chi connectivity index (χ4v) is 4.89. The maximum Gasteiger partial charge on any atom is 0.325 e. The van der Waals surface area contributed by atoms with Crippen LogP contribution in [0, 0.1) is 6.92 Å². The SMILES string of the molecule is COc1ccc(C)cc1CN1C(=O)N[C@]2(CCCc3sccc32)C1=O. The van der Waals surface area contributed by atoms with E-state index in [1.165, 1.54) is 9.78 Å². The number of ether oxygens (including phenoxy) is 1. The normalized spacial score (nSPS) is 22.2. The average Bonchev–Trinajstić information content (AvgIpc) is 3.16. The predicted octanol–water partition coefficient (Wildman–Crippen LogP) is 3.35. The van der Waals surface area contributed by atoms with E-state index in [0.717, 1.165) is 29.5 Å². The summed E-state index contributed by atoms with van der Waals surface area (Å²) in [5, 5.41) is 4.99. The highest BCUT2D eigenvalue weighted by Gasteiger charge is 2.54. The Morgan fingerprint density at radius 1 is 1.32 bits per heavy atom. The number of urea groups is 1. The van der Waals surface area contributed by atoms with E-state index in [-0.39, 0.29) is 18.5 Å². The van der Waals surface area contributed by atoms with Crippen molar-refractivity contribution < 1.29 is 14.3 Å². The minimum absolute atomic E-state index is 0.152. The molecule has 1 aliphatic carbocycles. The van der Waals surface area contributed by atoms with Crippen molar-refractivity contribution in [2.45, 2.75) is 38.3 Å². The molecule has 3 amide bonds. The zero-order valence-electron chi connectivity index (χ0n) is 14.3. The second-order valence-electron chi connectivity index (χ2n) is 6.65. The van der Waals surface area contributed by atoms with E-state index < -0.39 is 5.54 Å². The van der Waals surface area contributed by atoms with Crippen LogP contribution in [0.4, 0.5) is 4.79 Å². The molecule has 1 aromatic heterocycles. The standard InChI is InChI=1S/C19H20N2O3S/c1-12-5-6-15(24-2)13(10-12)11-21-17(22)19(20-18(21)23)8-3-4-16-14(19)7-9-25-16/h5-7,9-10H,3-4,8,11H2,1-2H3,(H,20,23)/t19-/m0/s1. The lowest BCUT2D eigenvalue weighted by atomic mass is 9.80.